The molecule has 0 spiro atoms. The van der Waals surface area contributed by atoms with E-state index >= 15 is 0 Å². The van der Waals surface area contributed by atoms with Gasteiger partial charge in [0.05, 0.1) is 27.8 Å². The van der Waals surface area contributed by atoms with Crippen molar-refractivity contribution in [2.45, 2.75) is 32.6 Å². The molecule has 0 saturated heterocycles. The highest BCUT2D eigenvalue weighted by molar-refractivity contribution is 5.87. The second-order valence-corrected chi connectivity index (χ2v) is 10.1. The van der Waals surface area contributed by atoms with Crippen molar-refractivity contribution in [2.24, 2.45) is 0 Å². The zero-order valence-corrected chi connectivity index (χ0v) is 23.1. The molecule has 7 nitrogen and oxygen atoms in total. The maximum atomic E-state index is 13.5. The smallest absolute Gasteiger partial charge is 0.344 e. The van der Waals surface area contributed by atoms with Crippen LogP contribution in [-0.2, 0) is 12.8 Å². The van der Waals surface area contributed by atoms with E-state index in [1.165, 1.54) is 0 Å². The van der Waals surface area contributed by atoms with Crippen molar-refractivity contribution < 1.29 is 23.8 Å². The Kier molecular flexibility index (Phi) is 7.00. The standard InChI is InChI=1S/C35H28O7/c1-3-20-10-16-27-25(18-20)32(36)30(34(38)41-27)29(22-12-14-24(15-13-22)40-23-8-6-5-7-9-23)31-33(37)26-19-21(4-2)11-17-28(26)42-35(31)39/h5-19,29,36-37H,3-4H2,1-2H3. The van der Waals surface area contributed by atoms with Gasteiger partial charge in [-0.3, -0.25) is 0 Å². The molecule has 2 N–H and O–H groups in total. The SMILES string of the molecule is CCc1ccc2oc(=O)c(C(c3ccc(Oc4ccccc4)cc3)c3c(O)c4cc(CC)ccc4oc3=O)c(O)c2c1. The van der Waals surface area contributed by atoms with Gasteiger partial charge in [-0.05, 0) is 78.1 Å². The van der Waals surface area contributed by atoms with E-state index in [4.69, 9.17) is 13.6 Å². The maximum Gasteiger partial charge on any atom is 0.344 e. The molecule has 0 amide bonds. The topological polar surface area (TPSA) is 110 Å². The molecule has 0 aliphatic carbocycles. The molecule has 0 aliphatic heterocycles. The quantitative estimate of drug-likeness (QED) is 0.196. The van der Waals surface area contributed by atoms with Crippen molar-refractivity contribution in [2.75, 3.05) is 0 Å². The Morgan fingerprint density at radius 2 is 1.12 bits per heavy atom. The van der Waals surface area contributed by atoms with Crippen LogP contribution in [-0.4, -0.2) is 10.2 Å². The highest BCUT2D eigenvalue weighted by Crippen LogP contribution is 2.42. The van der Waals surface area contributed by atoms with Gasteiger partial charge in [0.25, 0.3) is 0 Å². The number of rotatable bonds is 7. The lowest BCUT2D eigenvalue weighted by molar-refractivity contribution is 0.441. The zero-order valence-electron chi connectivity index (χ0n) is 23.1. The van der Waals surface area contributed by atoms with Crippen molar-refractivity contribution in [3.63, 3.8) is 0 Å². The Balaban J connectivity index is 1.60. The van der Waals surface area contributed by atoms with Crippen LogP contribution in [0.4, 0.5) is 0 Å². The van der Waals surface area contributed by atoms with Crippen LogP contribution >= 0.6 is 0 Å². The van der Waals surface area contributed by atoms with E-state index in [2.05, 4.69) is 0 Å². The molecular weight excluding hydrogens is 532 g/mol. The van der Waals surface area contributed by atoms with Crippen LogP contribution in [0.2, 0.25) is 0 Å². The van der Waals surface area contributed by atoms with E-state index in [0.29, 0.717) is 40.7 Å². The first-order chi connectivity index (χ1) is 20.4. The summed E-state index contributed by atoms with van der Waals surface area (Å²) in [5.74, 6) is -0.707. The molecule has 2 heterocycles. The van der Waals surface area contributed by atoms with Gasteiger partial charge < -0.3 is 23.8 Å². The largest absolute Gasteiger partial charge is 0.507 e. The fourth-order valence-electron chi connectivity index (χ4n) is 5.28. The third-order valence-electron chi connectivity index (χ3n) is 7.54. The third-order valence-corrected chi connectivity index (χ3v) is 7.54. The van der Waals surface area contributed by atoms with E-state index in [0.717, 1.165) is 11.1 Å². The highest BCUT2D eigenvalue weighted by atomic mass is 16.5. The molecule has 0 atom stereocenters. The summed E-state index contributed by atoms with van der Waals surface area (Å²) in [4.78, 5) is 27.1. The first kappa shape index (κ1) is 26.9. The van der Waals surface area contributed by atoms with E-state index in [1.54, 1.807) is 48.5 Å². The maximum absolute atomic E-state index is 13.5. The van der Waals surface area contributed by atoms with Crippen molar-refractivity contribution in [1.82, 2.24) is 0 Å². The number of hydrogen-bond donors (Lipinski definition) is 2. The van der Waals surface area contributed by atoms with Crippen LogP contribution in [0.25, 0.3) is 21.9 Å². The van der Waals surface area contributed by atoms with Crippen molar-refractivity contribution in [3.8, 4) is 23.0 Å². The number of aromatic hydroxyl groups is 2. The number of hydrogen-bond acceptors (Lipinski definition) is 7. The molecule has 0 radical (unpaired) electrons. The Morgan fingerprint density at radius 3 is 1.60 bits per heavy atom. The fraction of sp³-hybridized carbons (Fsp3) is 0.143. The zero-order chi connectivity index (χ0) is 29.4. The molecule has 4 aromatic carbocycles. The summed E-state index contributed by atoms with van der Waals surface area (Å²) in [7, 11) is 0. The van der Waals surface area contributed by atoms with E-state index < -0.39 is 17.2 Å². The van der Waals surface area contributed by atoms with Gasteiger partial charge in [0.2, 0.25) is 0 Å². The Labute approximate surface area is 240 Å². The van der Waals surface area contributed by atoms with Gasteiger partial charge in [0, 0.05) is 0 Å². The molecule has 2 aromatic heterocycles. The number of para-hydroxylation sites is 1. The van der Waals surface area contributed by atoms with Gasteiger partial charge >= 0.3 is 11.3 Å². The number of ether oxygens (including phenoxy) is 1. The number of fused-ring (bicyclic) bond motifs is 2. The molecule has 0 fully saturated rings. The van der Waals surface area contributed by atoms with Gasteiger partial charge in [-0.15, -0.1) is 0 Å². The number of benzene rings is 4. The van der Waals surface area contributed by atoms with Crippen LogP contribution in [0.1, 0.15) is 47.6 Å². The van der Waals surface area contributed by atoms with Crippen LogP contribution in [0.5, 0.6) is 23.0 Å². The van der Waals surface area contributed by atoms with Crippen molar-refractivity contribution >= 4 is 21.9 Å². The van der Waals surface area contributed by atoms with Crippen LogP contribution in [0, 0.1) is 0 Å². The van der Waals surface area contributed by atoms with E-state index in [-0.39, 0.29) is 33.8 Å². The summed E-state index contributed by atoms with van der Waals surface area (Å²) in [5.41, 5.74) is 0.700. The number of aryl methyl sites for hydroxylation is 2. The lowest BCUT2D eigenvalue weighted by Gasteiger charge is -2.20. The summed E-state index contributed by atoms with van der Waals surface area (Å²) in [6.07, 6.45) is 1.40. The molecule has 0 aliphatic rings. The normalized spacial score (nSPS) is 11.4. The van der Waals surface area contributed by atoms with Crippen molar-refractivity contribution in [1.29, 1.82) is 0 Å². The third kappa shape index (κ3) is 4.79. The van der Waals surface area contributed by atoms with E-state index in [9.17, 15) is 19.8 Å². The minimum atomic E-state index is -1.22. The average Bonchev–Trinajstić information content (AvgIpc) is 3.01. The van der Waals surface area contributed by atoms with Gasteiger partial charge in [0.15, 0.2) is 0 Å². The minimum absolute atomic E-state index is 0.180. The lowest BCUT2D eigenvalue weighted by Crippen LogP contribution is -2.21. The Hall–Kier alpha value is -5.30. The molecule has 0 unspecified atom stereocenters. The summed E-state index contributed by atoms with van der Waals surface area (Å²) < 4.78 is 17.2. The average molecular weight is 561 g/mol. The van der Waals surface area contributed by atoms with Gasteiger partial charge in [0.1, 0.15) is 34.2 Å². The first-order valence-corrected chi connectivity index (χ1v) is 13.8. The van der Waals surface area contributed by atoms with Crippen LogP contribution in [0.3, 0.4) is 0 Å². The summed E-state index contributed by atoms with van der Waals surface area (Å²) in [6, 6.07) is 26.4. The molecule has 0 bridgehead atoms. The molecular formula is C35H28O7. The predicted octanol–water partition coefficient (Wildman–Crippen LogP) is 7.41. The van der Waals surface area contributed by atoms with Gasteiger partial charge in [-0.1, -0.05) is 56.3 Å². The molecule has 210 valence electrons. The van der Waals surface area contributed by atoms with Gasteiger partial charge in [-0.25, -0.2) is 9.59 Å². The van der Waals surface area contributed by atoms with Crippen LogP contribution in [0.15, 0.2) is 109 Å². The Bertz CT molecular complexity index is 1930. The van der Waals surface area contributed by atoms with E-state index in [1.807, 2.05) is 56.3 Å². The minimum Gasteiger partial charge on any atom is -0.507 e. The summed E-state index contributed by atoms with van der Waals surface area (Å²) >= 11 is 0. The highest BCUT2D eigenvalue weighted by Gasteiger charge is 2.32. The fourth-order valence-corrected chi connectivity index (χ4v) is 5.28. The molecule has 7 heteroatoms. The predicted molar refractivity (Wildman–Crippen MR) is 161 cm³/mol. The molecule has 6 rings (SSSR count). The second kappa shape index (κ2) is 10.9. The van der Waals surface area contributed by atoms with Crippen molar-refractivity contribution in [3.05, 3.63) is 140 Å². The monoisotopic (exact) mass is 560 g/mol. The second-order valence-electron chi connectivity index (χ2n) is 10.1. The molecule has 6 aromatic rings. The molecule has 0 saturated carbocycles. The van der Waals surface area contributed by atoms with Gasteiger partial charge in [-0.2, -0.15) is 0 Å². The molecule has 42 heavy (non-hydrogen) atoms. The van der Waals surface area contributed by atoms with Crippen LogP contribution < -0.4 is 16.0 Å². The first-order valence-electron chi connectivity index (χ1n) is 13.8. The summed E-state index contributed by atoms with van der Waals surface area (Å²) in [6.45, 7) is 3.95. The lowest BCUT2D eigenvalue weighted by atomic mass is 9.84. The Morgan fingerprint density at radius 1 is 0.643 bits per heavy atom. The summed E-state index contributed by atoms with van der Waals surface area (Å²) in [5, 5.41) is 23.8.